The number of aryl methyl sites for hydroxylation is 1. The molecule has 0 spiro atoms. The molecule has 2 N–H and O–H groups in total. The van der Waals surface area contributed by atoms with Gasteiger partial charge in [-0.15, -0.1) is 0 Å². The molecule has 4 nitrogen and oxygen atoms in total. The minimum Gasteiger partial charge on any atom is -0.478 e. The van der Waals surface area contributed by atoms with E-state index in [4.69, 9.17) is 5.11 Å². The number of rotatable bonds is 3. The highest BCUT2D eigenvalue weighted by atomic mass is 19.1. The Morgan fingerprint density at radius 3 is 2.38 bits per heavy atom. The average molecular weight is 287 g/mol. The summed E-state index contributed by atoms with van der Waals surface area (Å²) < 4.78 is 13.5. The summed E-state index contributed by atoms with van der Waals surface area (Å²) in [5.74, 6) is -2.32. The van der Waals surface area contributed by atoms with Crippen LogP contribution in [0.2, 0.25) is 0 Å². The van der Waals surface area contributed by atoms with Gasteiger partial charge in [0.15, 0.2) is 0 Å². The number of hydrogen-bond acceptors (Lipinski definition) is 2. The summed E-state index contributed by atoms with van der Waals surface area (Å²) in [6.45, 7) is 3.45. The van der Waals surface area contributed by atoms with Crippen molar-refractivity contribution in [3.63, 3.8) is 0 Å². The average Bonchev–Trinajstić information content (AvgIpc) is 2.42. The fourth-order valence-electron chi connectivity index (χ4n) is 2.00. The van der Waals surface area contributed by atoms with Crippen LogP contribution >= 0.6 is 0 Å². The number of amides is 1. The lowest BCUT2D eigenvalue weighted by Crippen LogP contribution is -2.14. The summed E-state index contributed by atoms with van der Waals surface area (Å²) in [4.78, 5) is 23.2. The van der Waals surface area contributed by atoms with Gasteiger partial charge in [-0.05, 0) is 49.2 Å². The third-order valence-corrected chi connectivity index (χ3v) is 3.27. The second kappa shape index (κ2) is 5.75. The van der Waals surface area contributed by atoms with Gasteiger partial charge in [-0.3, -0.25) is 4.79 Å². The van der Waals surface area contributed by atoms with E-state index in [0.717, 1.165) is 5.56 Å². The van der Waals surface area contributed by atoms with E-state index < -0.39 is 17.7 Å². The number of hydrogen-bond donors (Lipinski definition) is 2. The molecule has 0 unspecified atom stereocenters. The molecular weight excluding hydrogens is 273 g/mol. The number of nitrogens with one attached hydrogen (secondary N) is 1. The van der Waals surface area contributed by atoms with Crippen LogP contribution in [0.15, 0.2) is 36.4 Å². The van der Waals surface area contributed by atoms with Crippen LogP contribution in [0.3, 0.4) is 0 Å². The van der Waals surface area contributed by atoms with Crippen LogP contribution in [-0.2, 0) is 0 Å². The van der Waals surface area contributed by atoms with Gasteiger partial charge in [-0.1, -0.05) is 12.1 Å². The Morgan fingerprint density at radius 2 is 1.76 bits per heavy atom. The summed E-state index contributed by atoms with van der Waals surface area (Å²) in [5, 5.41) is 11.7. The fourth-order valence-corrected chi connectivity index (χ4v) is 2.00. The van der Waals surface area contributed by atoms with Crippen LogP contribution in [-0.4, -0.2) is 17.0 Å². The lowest BCUT2D eigenvalue weighted by Gasteiger charge is -2.11. The first-order chi connectivity index (χ1) is 9.90. The molecule has 0 aliphatic heterocycles. The summed E-state index contributed by atoms with van der Waals surface area (Å²) >= 11 is 0. The molecule has 2 aromatic rings. The predicted molar refractivity (Wildman–Crippen MR) is 77.2 cm³/mol. The van der Waals surface area contributed by atoms with Crippen LogP contribution in [0.25, 0.3) is 0 Å². The molecule has 0 aliphatic carbocycles. The highest BCUT2D eigenvalue weighted by molar-refractivity contribution is 6.05. The number of anilines is 1. The van der Waals surface area contributed by atoms with Crippen molar-refractivity contribution < 1.29 is 19.1 Å². The molecule has 0 fully saturated rings. The van der Waals surface area contributed by atoms with Crippen molar-refractivity contribution in [2.75, 3.05) is 5.32 Å². The fraction of sp³-hybridized carbons (Fsp3) is 0.125. The van der Waals surface area contributed by atoms with E-state index in [0.29, 0.717) is 11.3 Å². The molecule has 1 amide bonds. The minimum atomic E-state index is -1.07. The zero-order valence-corrected chi connectivity index (χ0v) is 11.6. The molecule has 2 aromatic carbocycles. The third kappa shape index (κ3) is 3.08. The van der Waals surface area contributed by atoms with Gasteiger partial charge in [0.05, 0.1) is 11.1 Å². The maximum Gasteiger partial charge on any atom is 0.336 e. The first-order valence-electron chi connectivity index (χ1n) is 6.30. The number of carboxylic acid groups (broad SMARTS) is 1. The Bertz CT molecular complexity index is 725. The van der Waals surface area contributed by atoms with E-state index in [1.54, 1.807) is 26.0 Å². The number of carboxylic acids is 1. The maximum atomic E-state index is 13.5. The molecule has 0 radical (unpaired) electrons. The van der Waals surface area contributed by atoms with E-state index in [1.165, 1.54) is 24.3 Å². The monoisotopic (exact) mass is 287 g/mol. The molecule has 0 atom stereocenters. The van der Waals surface area contributed by atoms with E-state index >= 15 is 0 Å². The summed E-state index contributed by atoms with van der Waals surface area (Å²) in [7, 11) is 0. The second-order valence-electron chi connectivity index (χ2n) is 4.70. The lowest BCUT2D eigenvalue weighted by atomic mass is 10.0. The van der Waals surface area contributed by atoms with Crippen LogP contribution in [0, 0.1) is 19.7 Å². The Kier molecular flexibility index (Phi) is 4.03. The van der Waals surface area contributed by atoms with Crippen LogP contribution in [0.5, 0.6) is 0 Å². The smallest absolute Gasteiger partial charge is 0.336 e. The molecule has 5 heteroatoms. The molecule has 0 aromatic heterocycles. The van der Waals surface area contributed by atoms with Gasteiger partial charge >= 0.3 is 5.97 Å². The highest BCUT2D eigenvalue weighted by Gasteiger charge is 2.14. The number of carbonyl (C=O) groups excluding carboxylic acids is 1. The Hall–Kier alpha value is -2.69. The number of carbonyl (C=O) groups is 2. The maximum absolute atomic E-state index is 13.5. The number of aromatic carboxylic acids is 1. The van der Waals surface area contributed by atoms with Crippen LogP contribution in [0.1, 0.15) is 31.8 Å². The Labute approximate surface area is 121 Å². The van der Waals surface area contributed by atoms with Gasteiger partial charge in [0.2, 0.25) is 0 Å². The molecule has 0 aliphatic rings. The van der Waals surface area contributed by atoms with Crippen molar-refractivity contribution in [2.45, 2.75) is 13.8 Å². The first kappa shape index (κ1) is 14.7. The summed E-state index contributed by atoms with van der Waals surface area (Å²) in [6, 6.07) is 8.62. The van der Waals surface area contributed by atoms with Crippen molar-refractivity contribution in [3.8, 4) is 0 Å². The van der Waals surface area contributed by atoms with Crippen molar-refractivity contribution in [3.05, 3.63) is 64.5 Å². The SMILES string of the molecule is Cc1cc(NC(=O)c2ccccc2F)cc(C(=O)O)c1C. The van der Waals surface area contributed by atoms with Gasteiger partial charge in [0.1, 0.15) is 5.82 Å². The van der Waals surface area contributed by atoms with Gasteiger partial charge in [0.25, 0.3) is 5.91 Å². The predicted octanol–water partition coefficient (Wildman–Crippen LogP) is 3.39. The molecule has 108 valence electrons. The lowest BCUT2D eigenvalue weighted by molar-refractivity contribution is 0.0695. The first-order valence-corrected chi connectivity index (χ1v) is 6.30. The number of benzene rings is 2. The van der Waals surface area contributed by atoms with Gasteiger partial charge in [0, 0.05) is 5.69 Å². The second-order valence-corrected chi connectivity index (χ2v) is 4.70. The van der Waals surface area contributed by atoms with Crippen molar-refractivity contribution >= 4 is 17.6 Å². The topological polar surface area (TPSA) is 66.4 Å². The normalized spacial score (nSPS) is 10.2. The van der Waals surface area contributed by atoms with Gasteiger partial charge in [-0.2, -0.15) is 0 Å². The van der Waals surface area contributed by atoms with Crippen molar-refractivity contribution in [2.24, 2.45) is 0 Å². The van der Waals surface area contributed by atoms with E-state index in [-0.39, 0.29) is 11.1 Å². The van der Waals surface area contributed by atoms with Crippen LogP contribution < -0.4 is 5.32 Å². The van der Waals surface area contributed by atoms with Gasteiger partial charge in [-0.25, -0.2) is 9.18 Å². The highest BCUT2D eigenvalue weighted by Crippen LogP contribution is 2.21. The minimum absolute atomic E-state index is 0.0902. The molecule has 21 heavy (non-hydrogen) atoms. The molecule has 0 saturated heterocycles. The molecule has 0 heterocycles. The zero-order valence-electron chi connectivity index (χ0n) is 11.6. The quantitative estimate of drug-likeness (QED) is 0.909. The molecule has 2 rings (SSSR count). The van der Waals surface area contributed by atoms with Crippen molar-refractivity contribution in [1.82, 2.24) is 0 Å². The molecular formula is C16H14FNO3. The van der Waals surface area contributed by atoms with E-state index in [9.17, 15) is 14.0 Å². The van der Waals surface area contributed by atoms with Crippen LogP contribution in [0.4, 0.5) is 10.1 Å². The van der Waals surface area contributed by atoms with Crippen molar-refractivity contribution in [1.29, 1.82) is 0 Å². The summed E-state index contributed by atoms with van der Waals surface area (Å²) in [6.07, 6.45) is 0. The summed E-state index contributed by atoms with van der Waals surface area (Å²) in [5.41, 5.74) is 1.71. The number of halogens is 1. The Morgan fingerprint density at radius 1 is 1.10 bits per heavy atom. The standard InChI is InChI=1S/C16H14FNO3/c1-9-7-11(8-13(10(9)2)16(20)21)18-15(19)12-5-3-4-6-14(12)17/h3-8H,1-2H3,(H,18,19)(H,20,21). The Balaban J connectivity index is 2.34. The molecule has 0 saturated carbocycles. The zero-order chi connectivity index (χ0) is 15.6. The molecule has 0 bridgehead atoms. The largest absolute Gasteiger partial charge is 0.478 e. The van der Waals surface area contributed by atoms with E-state index in [2.05, 4.69) is 5.32 Å². The third-order valence-electron chi connectivity index (χ3n) is 3.27. The van der Waals surface area contributed by atoms with Gasteiger partial charge < -0.3 is 10.4 Å². The van der Waals surface area contributed by atoms with E-state index in [1.807, 2.05) is 0 Å².